The maximum atomic E-state index is 11.1. The third-order valence-corrected chi connectivity index (χ3v) is 1.84. The first-order valence-electron chi connectivity index (χ1n) is 4.15. The third kappa shape index (κ3) is 3.80. The van der Waals surface area contributed by atoms with Gasteiger partial charge in [-0.25, -0.2) is 9.80 Å². The first-order valence-corrected chi connectivity index (χ1v) is 4.15. The molecule has 0 bridgehead atoms. The van der Waals surface area contributed by atoms with Crippen LogP contribution in [0.15, 0.2) is 0 Å². The molecule has 1 aliphatic rings. The number of halogens is 1. The van der Waals surface area contributed by atoms with Gasteiger partial charge >= 0.3 is 6.09 Å². The summed E-state index contributed by atoms with van der Waals surface area (Å²) in [4.78, 5) is 12.8. The van der Waals surface area contributed by atoms with E-state index in [0.717, 1.165) is 13.1 Å². The lowest BCUT2D eigenvalue weighted by molar-refractivity contribution is 0.0799. The molecule has 5 nitrogen and oxygen atoms in total. The van der Waals surface area contributed by atoms with Gasteiger partial charge in [-0.05, 0) is 6.92 Å². The molecule has 1 rings (SSSR count). The minimum atomic E-state index is -0.231. The van der Waals surface area contributed by atoms with Gasteiger partial charge in [0.05, 0.1) is 6.61 Å². The van der Waals surface area contributed by atoms with Crippen molar-refractivity contribution < 1.29 is 9.53 Å². The van der Waals surface area contributed by atoms with Crippen molar-refractivity contribution in [1.29, 1.82) is 0 Å². The molecular weight excluding hydrogens is 194 g/mol. The van der Waals surface area contributed by atoms with E-state index in [1.54, 1.807) is 16.8 Å². The fourth-order valence-electron chi connectivity index (χ4n) is 1.12. The highest BCUT2D eigenvalue weighted by Crippen LogP contribution is 1.99. The van der Waals surface area contributed by atoms with Crippen molar-refractivity contribution in [2.24, 2.45) is 5.84 Å². The molecule has 1 heterocycles. The van der Waals surface area contributed by atoms with Gasteiger partial charge in [0, 0.05) is 26.2 Å². The van der Waals surface area contributed by atoms with E-state index in [0.29, 0.717) is 19.7 Å². The summed E-state index contributed by atoms with van der Waals surface area (Å²) >= 11 is 0. The maximum Gasteiger partial charge on any atom is 0.409 e. The highest BCUT2D eigenvalue weighted by atomic mass is 35.5. The first kappa shape index (κ1) is 12.5. The summed E-state index contributed by atoms with van der Waals surface area (Å²) < 4.78 is 4.84. The molecule has 0 aromatic rings. The highest BCUT2D eigenvalue weighted by molar-refractivity contribution is 5.85. The number of amides is 1. The first-order chi connectivity index (χ1) is 5.74. The molecule has 0 aliphatic carbocycles. The van der Waals surface area contributed by atoms with E-state index < -0.39 is 0 Å². The summed E-state index contributed by atoms with van der Waals surface area (Å²) in [5.74, 6) is 5.53. The van der Waals surface area contributed by atoms with Crippen LogP contribution in [0.25, 0.3) is 0 Å². The van der Waals surface area contributed by atoms with Gasteiger partial charge in [-0.1, -0.05) is 0 Å². The number of hydrogen-bond donors (Lipinski definition) is 1. The van der Waals surface area contributed by atoms with Gasteiger partial charge in [0.2, 0.25) is 0 Å². The Hall–Kier alpha value is -0.520. The number of carbonyl (C=O) groups excluding carboxylic acids is 1. The van der Waals surface area contributed by atoms with E-state index in [2.05, 4.69) is 0 Å². The predicted molar refractivity (Wildman–Crippen MR) is 51.6 cm³/mol. The molecule has 0 spiro atoms. The number of hydrazine groups is 1. The van der Waals surface area contributed by atoms with Crippen LogP contribution in [-0.2, 0) is 4.74 Å². The average molecular weight is 210 g/mol. The number of nitrogens with zero attached hydrogens (tertiary/aromatic N) is 2. The van der Waals surface area contributed by atoms with Gasteiger partial charge in [-0.3, -0.25) is 5.84 Å². The van der Waals surface area contributed by atoms with Crippen LogP contribution in [0.5, 0.6) is 0 Å². The van der Waals surface area contributed by atoms with E-state index in [-0.39, 0.29) is 18.5 Å². The van der Waals surface area contributed by atoms with Crippen LogP contribution >= 0.6 is 12.4 Å². The number of ether oxygens (including phenoxy) is 1. The zero-order valence-corrected chi connectivity index (χ0v) is 8.55. The largest absolute Gasteiger partial charge is 0.450 e. The Balaban J connectivity index is 0.00000144. The molecule has 1 fully saturated rings. The Morgan fingerprint density at radius 1 is 1.38 bits per heavy atom. The molecule has 13 heavy (non-hydrogen) atoms. The minimum absolute atomic E-state index is 0. The molecule has 0 aromatic heterocycles. The lowest BCUT2D eigenvalue weighted by Gasteiger charge is -2.30. The topological polar surface area (TPSA) is 58.8 Å². The van der Waals surface area contributed by atoms with Crippen molar-refractivity contribution in [3.8, 4) is 0 Å². The Bertz CT molecular complexity index is 160. The monoisotopic (exact) mass is 209 g/mol. The molecular formula is C7H16ClN3O2. The van der Waals surface area contributed by atoms with E-state index in [1.165, 1.54) is 0 Å². The Morgan fingerprint density at radius 2 is 1.92 bits per heavy atom. The summed E-state index contributed by atoms with van der Waals surface area (Å²) in [6.45, 7) is 5.00. The minimum Gasteiger partial charge on any atom is -0.450 e. The fraction of sp³-hybridized carbons (Fsp3) is 0.857. The number of rotatable bonds is 1. The third-order valence-electron chi connectivity index (χ3n) is 1.84. The van der Waals surface area contributed by atoms with Crippen LogP contribution in [0.1, 0.15) is 6.92 Å². The van der Waals surface area contributed by atoms with Crippen molar-refractivity contribution in [3.63, 3.8) is 0 Å². The van der Waals surface area contributed by atoms with E-state index in [4.69, 9.17) is 10.6 Å². The van der Waals surface area contributed by atoms with Crippen LogP contribution in [0.3, 0.4) is 0 Å². The van der Waals surface area contributed by atoms with Gasteiger partial charge in [0.1, 0.15) is 0 Å². The van der Waals surface area contributed by atoms with Crippen molar-refractivity contribution in [2.75, 3.05) is 32.8 Å². The molecule has 0 aromatic carbocycles. The molecule has 1 amide bonds. The number of nitrogens with two attached hydrogens (primary N) is 1. The Labute approximate surface area is 84.2 Å². The second-order valence-corrected chi connectivity index (χ2v) is 2.72. The molecule has 0 unspecified atom stereocenters. The SMILES string of the molecule is CCOC(=O)N1CCN(N)CC1.Cl. The fourth-order valence-corrected chi connectivity index (χ4v) is 1.12. The second-order valence-electron chi connectivity index (χ2n) is 2.72. The lowest BCUT2D eigenvalue weighted by atomic mass is 10.4. The summed E-state index contributed by atoms with van der Waals surface area (Å²) in [5, 5.41) is 1.70. The number of hydrogen-bond acceptors (Lipinski definition) is 4. The zero-order chi connectivity index (χ0) is 8.97. The molecule has 0 saturated carbocycles. The summed E-state index contributed by atoms with van der Waals surface area (Å²) in [6, 6.07) is 0. The van der Waals surface area contributed by atoms with Gasteiger partial charge in [-0.15, -0.1) is 12.4 Å². The van der Waals surface area contributed by atoms with E-state index >= 15 is 0 Å². The number of piperazine rings is 1. The van der Waals surface area contributed by atoms with E-state index in [9.17, 15) is 4.79 Å². The van der Waals surface area contributed by atoms with Gasteiger partial charge in [0.15, 0.2) is 0 Å². The van der Waals surface area contributed by atoms with Crippen LogP contribution in [-0.4, -0.2) is 48.8 Å². The quantitative estimate of drug-likeness (QED) is 0.621. The zero-order valence-electron chi connectivity index (χ0n) is 7.73. The van der Waals surface area contributed by atoms with Crippen molar-refractivity contribution in [3.05, 3.63) is 0 Å². The molecule has 78 valence electrons. The molecule has 0 atom stereocenters. The van der Waals surface area contributed by atoms with Crippen molar-refractivity contribution in [2.45, 2.75) is 6.92 Å². The van der Waals surface area contributed by atoms with Crippen molar-refractivity contribution >= 4 is 18.5 Å². The van der Waals surface area contributed by atoms with E-state index in [1.807, 2.05) is 0 Å². The summed E-state index contributed by atoms with van der Waals surface area (Å²) in [7, 11) is 0. The molecule has 1 saturated heterocycles. The predicted octanol–water partition coefficient (Wildman–Crippen LogP) is 0.0560. The normalized spacial score (nSPS) is 17.8. The Kier molecular flexibility index (Phi) is 5.77. The summed E-state index contributed by atoms with van der Waals surface area (Å²) in [5.41, 5.74) is 0. The molecule has 0 radical (unpaired) electrons. The lowest BCUT2D eigenvalue weighted by Crippen LogP contribution is -2.51. The van der Waals surface area contributed by atoms with Gasteiger partial charge < -0.3 is 9.64 Å². The molecule has 2 N–H and O–H groups in total. The summed E-state index contributed by atoms with van der Waals surface area (Å²) in [6.07, 6.45) is -0.231. The van der Waals surface area contributed by atoms with Crippen LogP contribution < -0.4 is 5.84 Å². The van der Waals surface area contributed by atoms with Gasteiger partial charge in [-0.2, -0.15) is 0 Å². The van der Waals surface area contributed by atoms with Crippen LogP contribution in [0.4, 0.5) is 4.79 Å². The highest BCUT2D eigenvalue weighted by Gasteiger charge is 2.19. The maximum absolute atomic E-state index is 11.1. The van der Waals surface area contributed by atoms with Crippen LogP contribution in [0.2, 0.25) is 0 Å². The standard InChI is InChI=1S/C7H15N3O2.ClH/c1-2-12-7(11)9-3-5-10(8)6-4-9;/h2-6,8H2,1H3;1H. The molecule has 6 heteroatoms. The number of carbonyl (C=O) groups is 1. The average Bonchev–Trinajstić information content (AvgIpc) is 2.06. The molecule has 1 aliphatic heterocycles. The Morgan fingerprint density at radius 3 is 2.38 bits per heavy atom. The van der Waals surface area contributed by atoms with Crippen LogP contribution in [0, 0.1) is 0 Å². The second kappa shape index (κ2) is 6.01. The smallest absolute Gasteiger partial charge is 0.409 e. The van der Waals surface area contributed by atoms with Gasteiger partial charge in [0.25, 0.3) is 0 Å². The van der Waals surface area contributed by atoms with Crippen molar-refractivity contribution in [1.82, 2.24) is 9.91 Å².